The first-order valence-corrected chi connectivity index (χ1v) is 7.70. The van der Waals surface area contributed by atoms with E-state index in [1.165, 1.54) is 6.07 Å². The van der Waals surface area contributed by atoms with Gasteiger partial charge in [0.15, 0.2) is 0 Å². The molecule has 0 spiro atoms. The van der Waals surface area contributed by atoms with Crippen molar-refractivity contribution < 1.29 is 14.5 Å². The number of hydrogen-bond donors (Lipinski definition) is 1. The third-order valence-electron chi connectivity index (χ3n) is 3.56. The minimum atomic E-state index is -0.532. The Labute approximate surface area is 135 Å². The number of nitro benzene ring substituents is 1. The summed E-state index contributed by atoms with van der Waals surface area (Å²) in [6.45, 7) is 7.18. The minimum Gasteiger partial charge on any atom is -0.444 e. The summed E-state index contributed by atoms with van der Waals surface area (Å²) >= 11 is 0. The second kappa shape index (κ2) is 6.95. The second-order valence-electron chi connectivity index (χ2n) is 6.67. The molecule has 126 valence electrons. The van der Waals surface area contributed by atoms with Gasteiger partial charge in [-0.05, 0) is 27.2 Å². The Morgan fingerprint density at radius 2 is 2.13 bits per heavy atom. The van der Waals surface area contributed by atoms with Gasteiger partial charge in [0.05, 0.1) is 4.92 Å². The standard InChI is InChI=1S/C16H23N3O4/c1-16(2,3)23-15(20)18-9-8-17-13(11-18)10-12-6-4-5-7-14(12)19(21)22/h4-7,13,17H,8-11H2,1-3H3/t13-/m0/s1. The molecule has 0 unspecified atom stereocenters. The van der Waals surface area contributed by atoms with Gasteiger partial charge in [0.25, 0.3) is 5.69 Å². The van der Waals surface area contributed by atoms with Gasteiger partial charge in [0, 0.05) is 37.3 Å². The second-order valence-corrected chi connectivity index (χ2v) is 6.67. The number of para-hydroxylation sites is 1. The van der Waals surface area contributed by atoms with Gasteiger partial charge < -0.3 is 15.0 Å². The summed E-state index contributed by atoms with van der Waals surface area (Å²) in [5.74, 6) is 0. The largest absolute Gasteiger partial charge is 0.444 e. The topological polar surface area (TPSA) is 84.7 Å². The van der Waals surface area contributed by atoms with Gasteiger partial charge in [-0.2, -0.15) is 0 Å². The summed E-state index contributed by atoms with van der Waals surface area (Å²) in [6, 6.07) is 6.67. The van der Waals surface area contributed by atoms with Gasteiger partial charge in [0.2, 0.25) is 0 Å². The van der Waals surface area contributed by atoms with Crippen LogP contribution in [0.3, 0.4) is 0 Å². The van der Waals surface area contributed by atoms with E-state index < -0.39 is 5.60 Å². The fourth-order valence-corrected chi connectivity index (χ4v) is 2.58. The monoisotopic (exact) mass is 321 g/mol. The van der Waals surface area contributed by atoms with E-state index >= 15 is 0 Å². The number of ether oxygens (including phenoxy) is 1. The SMILES string of the molecule is CC(C)(C)OC(=O)N1CCN[C@@H](Cc2ccccc2[N+](=O)[O-])C1. The van der Waals surface area contributed by atoms with Crippen LogP contribution in [-0.4, -0.2) is 47.2 Å². The molecule has 1 N–H and O–H groups in total. The number of nitrogens with one attached hydrogen (secondary N) is 1. The fraction of sp³-hybridized carbons (Fsp3) is 0.562. The van der Waals surface area contributed by atoms with E-state index in [1.54, 1.807) is 23.1 Å². The number of rotatable bonds is 3. The molecule has 1 aliphatic rings. The van der Waals surface area contributed by atoms with Crippen LogP contribution in [0.1, 0.15) is 26.3 Å². The van der Waals surface area contributed by atoms with E-state index in [0.29, 0.717) is 31.6 Å². The van der Waals surface area contributed by atoms with Gasteiger partial charge in [0.1, 0.15) is 5.60 Å². The highest BCUT2D eigenvalue weighted by atomic mass is 16.6. The molecule has 0 bridgehead atoms. The van der Waals surface area contributed by atoms with Crippen molar-refractivity contribution in [3.63, 3.8) is 0 Å². The van der Waals surface area contributed by atoms with Gasteiger partial charge >= 0.3 is 6.09 Å². The zero-order chi connectivity index (χ0) is 17.0. The predicted octanol–water partition coefficient (Wildman–Crippen LogP) is 2.35. The van der Waals surface area contributed by atoms with Crippen LogP contribution in [0.2, 0.25) is 0 Å². The summed E-state index contributed by atoms with van der Waals surface area (Å²) in [7, 11) is 0. The van der Waals surface area contributed by atoms with Crippen molar-refractivity contribution in [2.75, 3.05) is 19.6 Å². The van der Waals surface area contributed by atoms with Crippen LogP contribution in [-0.2, 0) is 11.2 Å². The maximum atomic E-state index is 12.2. The Morgan fingerprint density at radius 1 is 1.43 bits per heavy atom. The number of carbonyl (C=O) groups excluding carboxylic acids is 1. The quantitative estimate of drug-likeness (QED) is 0.682. The van der Waals surface area contributed by atoms with Gasteiger partial charge in [-0.3, -0.25) is 10.1 Å². The average molecular weight is 321 g/mol. The van der Waals surface area contributed by atoms with Crippen LogP contribution in [0.4, 0.5) is 10.5 Å². The van der Waals surface area contributed by atoms with Crippen molar-refractivity contribution in [3.8, 4) is 0 Å². The van der Waals surface area contributed by atoms with Crippen molar-refractivity contribution in [2.45, 2.75) is 38.8 Å². The van der Waals surface area contributed by atoms with Gasteiger partial charge in [-0.25, -0.2) is 4.79 Å². The number of piperazine rings is 1. The molecule has 1 aromatic carbocycles. The van der Waals surface area contributed by atoms with Crippen molar-refractivity contribution in [1.29, 1.82) is 0 Å². The van der Waals surface area contributed by atoms with Gasteiger partial charge in [-0.15, -0.1) is 0 Å². The zero-order valence-corrected chi connectivity index (χ0v) is 13.7. The predicted molar refractivity (Wildman–Crippen MR) is 86.4 cm³/mol. The van der Waals surface area contributed by atoms with Crippen molar-refractivity contribution in [1.82, 2.24) is 10.2 Å². The number of hydrogen-bond acceptors (Lipinski definition) is 5. The highest BCUT2D eigenvalue weighted by Crippen LogP contribution is 2.20. The molecule has 1 atom stereocenters. The number of carbonyl (C=O) groups is 1. The molecule has 0 aliphatic carbocycles. The van der Waals surface area contributed by atoms with Crippen molar-refractivity contribution in [2.24, 2.45) is 0 Å². The van der Waals surface area contributed by atoms with E-state index in [9.17, 15) is 14.9 Å². The molecule has 1 saturated heterocycles. The number of amides is 1. The lowest BCUT2D eigenvalue weighted by Crippen LogP contribution is -2.54. The highest BCUT2D eigenvalue weighted by molar-refractivity contribution is 5.68. The smallest absolute Gasteiger partial charge is 0.410 e. The molecule has 1 aromatic rings. The van der Waals surface area contributed by atoms with Gasteiger partial charge in [-0.1, -0.05) is 18.2 Å². The molecule has 1 amide bonds. The Kier molecular flexibility index (Phi) is 5.20. The fourth-order valence-electron chi connectivity index (χ4n) is 2.58. The van der Waals surface area contributed by atoms with Crippen molar-refractivity contribution in [3.05, 3.63) is 39.9 Å². The molecule has 2 rings (SSSR count). The van der Waals surface area contributed by atoms with Crippen LogP contribution >= 0.6 is 0 Å². The third-order valence-corrected chi connectivity index (χ3v) is 3.56. The lowest BCUT2D eigenvalue weighted by Gasteiger charge is -2.34. The Bertz CT molecular complexity index is 583. The molecular weight excluding hydrogens is 298 g/mol. The maximum absolute atomic E-state index is 12.2. The summed E-state index contributed by atoms with van der Waals surface area (Å²) in [5, 5.41) is 14.4. The molecule has 0 aromatic heterocycles. The van der Waals surface area contributed by atoms with E-state index in [-0.39, 0.29) is 22.7 Å². The number of nitrogens with zero attached hydrogens (tertiary/aromatic N) is 2. The molecule has 0 radical (unpaired) electrons. The van der Waals surface area contributed by atoms with E-state index in [4.69, 9.17) is 4.74 Å². The Hall–Kier alpha value is -2.15. The summed E-state index contributed by atoms with van der Waals surface area (Å²) in [5.41, 5.74) is 0.250. The lowest BCUT2D eigenvalue weighted by molar-refractivity contribution is -0.385. The first-order valence-electron chi connectivity index (χ1n) is 7.70. The minimum absolute atomic E-state index is 0.0302. The molecule has 7 heteroatoms. The summed E-state index contributed by atoms with van der Waals surface area (Å²) in [6.07, 6.45) is 0.155. The molecule has 23 heavy (non-hydrogen) atoms. The normalized spacial score (nSPS) is 18.6. The first kappa shape index (κ1) is 17.2. The summed E-state index contributed by atoms with van der Waals surface area (Å²) < 4.78 is 5.39. The zero-order valence-electron chi connectivity index (χ0n) is 13.7. The Balaban J connectivity index is 2.02. The molecule has 7 nitrogen and oxygen atoms in total. The van der Waals surface area contributed by atoms with Crippen molar-refractivity contribution >= 4 is 11.8 Å². The van der Waals surface area contributed by atoms with E-state index in [1.807, 2.05) is 20.8 Å². The van der Waals surface area contributed by atoms with Crippen LogP contribution in [0.25, 0.3) is 0 Å². The van der Waals surface area contributed by atoms with Crippen LogP contribution in [0, 0.1) is 10.1 Å². The van der Waals surface area contributed by atoms with E-state index in [0.717, 1.165) is 0 Å². The lowest BCUT2D eigenvalue weighted by atomic mass is 10.0. The highest BCUT2D eigenvalue weighted by Gasteiger charge is 2.28. The average Bonchev–Trinajstić information content (AvgIpc) is 2.46. The maximum Gasteiger partial charge on any atom is 0.410 e. The Morgan fingerprint density at radius 3 is 2.78 bits per heavy atom. The van der Waals surface area contributed by atoms with E-state index in [2.05, 4.69) is 5.32 Å². The molecule has 1 heterocycles. The van der Waals surface area contributed by atoms with Crippen LogP contribution in [0.5, 0.6) is 0 Å². The number of benzene rings is 1. The third kappa shape index (κ3) is 4.92. The first-order chi connectivity index (χ1) is 10.8. The molecular formula is C16H23N3O4. The van der Waals surface area contributed by atoms with Crippen LogP contribution < -0.4 is 5.32 Å². The molecule has 1 aliphatic heterocycles. The molecule has 1 fully saturated rings. The van der Waals surface area contributed by atoms with Crippen LogP contribution in [0.15, 0.2) is 24.3 Å². The number of nitro groups is 1. The summed E-state index contributed by atoms with van der Waals surface area (Å²) in [4.78, 5) is 24.5. The molecule has 0 saturated carbocycles.